The fraction of sp³-hybridized carbons (Fsp3) is 0.429. The number of piperazine rings is 1. The molecule has 0 aliphatic carbocycles. The average molecular weight is 262 g/mol. The van der Waals surface area contributed by atoms with Gasteiger partial charge in [0.25, 0.3) is 5.91 Å². The van der Waals surface area contributed by atoms with Crippen LogP contribution in [0.3, 0.4) is 0 Å². The molecule has 1 aliphatic heterocycles. The zero-order chi connectivity index (χ0) is 14.0. The van der Waals surface area contributed by atoms with Gasteiger partial charge in [-0.2, -0.15) is 0 Å². The first kappa shape index (κ1) is 13.5. The maximum Gasteiger partial charge on any atom is 0.254 e. The summed E-state index contributed by atoms with van der Waals surface area (Å²) in [6.45, 7) is 4.40. The van der Waals surface area contributed by atoms with Crippen molar-refractivity contribution >= 4 is 11.8 Å². The van der Waals surface area contributed by atoms with Crippen LogP contribution in [0, 0.1) is 0 Å². The van der Waals surface area contributed by atoms with Crippen molar-refractivity contribution in [2.45, 2.75) is 26.0 Å². The van der Waals surface area contributed by atoms with Crippen LogP contribution in [0.4, 0.5) is 0 Å². The molecule has 19 heavy (non-hydrogen) atoms. The number of amides is 2. The fourth-order valence-electron chi connectivity index (χ4n) is 2.16. The highest BCUT2D eigenvalue weighted by Gasteiger charge is 2.40. The number of rotatable bonds is 2. The van der Waals surface area contributed by atoms with Gasteiger partial charge in [0.2, 0.25) is 5.91 Å². The maximum absolute atomic E-state index is 12.4. The second-order valence-electron chi connectivity index (χ2n) is 5.13. The Labute approximate surface area is 112 Å². The number of benzene rings is 1. The van der Waals surface area contributed by atoms with Gasteiger partial charge < -0.3 is 15.3 Å². The molecule has 0 saturated carbocycles. The topological polar surface area (TPSA) is 69.6 Å². The largest absolute Gasteiger partial charge is 0.392 e. The van der Waals surface area contributed by atoms with E-state index in [4.69, 9.17) is 5.11 Å². The molecule has 1 aromatic rings. The Hall–Kier alpha value is -1.88. The summed E-state index contributed by atoms with van der Waals surface area (Å²) in [4.78, 5) is 25.9. The molecule has 5 nitrogen and oxygen atoms in total. The molecule has 0 bridgehead atoms. The molecule has 2 rings (SSSR count). The predicted octanol–water partition coefficient (Wildman–Crippen LogP) is 0.529. The molecule has 1 fully saturated rings. The van der Waals surface area contributed by atoms with Gasteiger partial charge in [0.15, 0.2) is 0 Å². The minimum absolute atomic E-state index is 0.0495. The van der Waals surface area contributed by atoms with Gasteiger partial charge in [-0.1, -0.05) is 12.1 Å². The number of nitrogens with one attached hydrogen (secondary N) is 1. The number of aliphatic hydroxyl groups excluding tert-OH is 1. The van der Waals surface area contributed by atoms with E-state index in [1.165, 1.54) is 0 Å². The van der Waals surface area contributed by atoms with Crippen LogP contribution in [0.1, 0.15) is 29.8 Å². The zero-order valence-electron chi connectivity index (χ0n) is 11.1. The number of aliphatic hydroxyl groups is 1. The number of hydrogen-bond acceptors (Lipinski definition) is 3. The summed E-state index contributed by atoms with van der Waals surface area (Å²) in [5, 5.41) is 11.7. The normalized spacial score (nSPS) is 18.1. The van der Waals surface area contributed by atoms with Crippen molar-refractivity contribution in [2.24, 2.45) is 0 Å². The van der Waals surface area contributed by atoms with Gasteiger partial charge in [-0.05, 0) is 31.5 Å². The van der Waals surface area contributed by atoms with Crippen molar-refractivity contribution in [3.05, 3.63) is 35.4 Å². The number of carbonyl (C=O) groups is 2. The molecule has 0 unspecified atom stereocenters. The van der Waals surface area contributed by atoms with Crippen molar-refractivity contribution in [3.63, 3.8) is 0 Å². The third-order valence-electron chi connectivity index (χ3n) is 3.48. The van der Waals surface area contributed by atoms with Crippen LogP contribution in [0.25, 0.3) is 0 Å². The molecule has 0 spiro atoms. The molecule has 1 aliphatic rings. The van der Waals surface area contributed by atoms with E-state index in [0.717, 1.165) is 5.56 Å². The van der Waals surface area contributed by atoms with E-state index >= 15 is 0 Å². The lowest BCUT2D eigenvalue weighted by molar-refractivity contribution is -0.133. The molecule has 1 saturated heterocycles. The highest BCUT2D eigenvalue weighted by atomic mass is 16.3. The van der Waals surface area contributed by atoms with Gasteiger partial charge in [0, 0.05) is 18.7 Å². The third-order valence-corrected chi connectivity index (χ3v) is 3.48. The Bertz CT molecular complexity index is 494. The Morgan fingerprint density at radius 3 is 2.58 bits per heavy atom. The monoisotopic (exact) mass is 262 g/mol. The Morgan fingerprint density at radius 2 is 2.00 bits per heavy atom. The molecule has 1 aromatic carbocycles. The standard InChI is InChI=1S/C14H18N2O3/c1-14(2)13(19)15-7-8-16(14)12(18)11-5-3-10(9-17)4-6-11/h3-6,17H,7-9H2,1-2H3,(H,15,19). The molecule has 1 heterocycles. The molecule has 2 amide bonds. The van der Waals surface area contributed by atoms with Gasteiger partial charge >= 0.3 is 0 Å². The minimum atomic E-state index is -0.842. The summed E-state index contributed by atoms with van der Waals surface area (Å²) in [6, 6.07) is 6.78. The molecule has 102 valence electrons. The summed E-state index contributed by atoms with van der Waals surface area (Å²) in [5.74, 6) is -0.302. The molecule has 0 aromatic heterocycles. The molecular formula is C14H18N2O3. The number of carbonyl (C=O) groups excluding carboxylic acids is 2. The quantitative estimate of drug-likeness (QED) is 0.817. The van der Waals surface area contributed by atoms with Crippen LogP contribution in [0.15, 0.2) is 24.3 Å². The van der Waals surface area contributed by atoms with Crippen molar-refractivity contribution in [1.82, 2.24) is 10.2 Å². The van der Waals surface area contributed by atoms with Crippen LogP contribution in [0.2, 0.25) is 0 Å². The maximum atomic E-state index is 12.4. The van der Waals surface area contributed by atoms with Gasteiger partial charge in [-0.15, -0.1) is 0 Å². The summed E-state index contributed by atoms with van der Waals surface area (Å²) < 4.78 is 0. The third kappa shape index (κ3) is 2.46. The number of hydrogen-bond donors (Lipinski definition) is 2. The van der Waals surface area contributed by atoms with Crippen molar-refractivity contribution in [2.75, 3.05) is 13.1 Å². The predicted molar refractivity (Wildman–Crippen MR) is 70.5 cm³/mol. The van der Waals surface area contributed by atoms with Crippen LogP contribution in [0.5, 0.6) is 0 Å². The summed E-state index contributed by atoms with van der Waals surface area (Å²) >= 11 is 0. The zero-order valence-corrected chi connectivity index (χ0v) is 11.1. The summed E-state index contributed by atoms with van der Waals surface area (Å²) in [5.41, 5.74) is 0.442. The molecular weight excluding hydrogens is 244 g/mol. The van der Waals surface area contributed by atoms with Crippen LogP contribution >= 0.6 is 0 Å². The SMILES string of the molecule is CC1(C)C(=O)NCCN1C(=O)c1ccc(CO)cc1. The molecule has 2 N–H and O–H groups in total. The van der Waals surface area contributed by atoms with Crippen LogP contribution < -0.4 is 5.32 Å². The highest BCUT2D eigenvalue weighted by Crippen LogP contribution is 2.20. The van der Waals surface area contributed by atoms with Gasteiger partial charge in [0.1, 0.15) is 5.54 Å². The lowest BCUT2D eigenvalue weighted by Crippen LogP contribution is -2.63. The second kappa shape index (κ2) is 5.01. The van der Waals surface area contributed by atoms with Gasteiger partial charge in [-0.3, -0.25) is 9.59 Å². The van der Waals surface area contributed by atoms with Crippen LogP contribution in [-0.2, 0) is 11.4 Å². The van der Waals surface area contributed by atoms with Gasteiger partial charge in [-0.25, -0.2) is 0 Å². The second-order valence-corrected chi connectivity index (χ2v) is 5.13. The Morgan fingerprint density at radius 1 is 1.37 bits per heavy atom. The van der Waals surface area contributed by atoms with E-state index in [1.807, 2.05) is 0 Å². The first-order valence-electron chi connectivity index (χ1n) is 6.27. The lowest BCUT2D eigenvalue weighted by Gasteiger charge is -2.41. The Kier molecular flexibility index (Phi) is 3.57. The minimum Gasteiger partial charge on any atom is -0.392 e. The molecule has 5 heteroatoms. The lowest BCUT2D eigenvalue weighted by atomic mass is 9.97. The first-order valence-corrected chi connectivity index (χ1v) is 6.27. The van der Waals surface area contributed by atoms with Crippen molar-refractivity contribution < 1.29 is 14.7 Å². The smallest absolute Gasteiger partial charge is 0.254 e. The van der Waals surface area contributed by atoms with E-state index < -0.39 is 5.54 Å². The van der Waals surface area contributed by atoms with E-state index in [9.17, 15) is 9.59 Å². The van der Waals surface area contributed by atoms with E-state index in [2.05, 4.69) is 5.32 Å². The van der Waals surface area contributed by atoms with Crippen LogP contribution in [-0.4, -0.2) is 40.4 Å². The van der Waals surface area contributed by atoms with Crippen molar-refractivity contribution in [1.29, 1.82) is 0 Å². The van der Waals surface area contributed by atoms with Gasteiger partial charge in [0.05, 0.1) is 6.61 Å². The van der Waals surface area contributed by atoms with E-state index in [-0.39, 0.29) is 18.4 Å². The molecule has 0 radical (unpaired) electrons. The van der Waals surface area contributed by atoms with E-state index in [0.29, 0.717) is 18.7 Å². The average Bonchev–Trinajstić information content (AvgIpc) is 2.41. The summed E-state index contributed by atoms with van der Waals surface area (Å²) in [6.07, 6.45) is 0. The summed E-state index contributed by atoms with van der Waals surface area (Å²) in [7, 11) is 0. The fourth-order valence-corrected chi connectivity index (χ4v) is 2.16. The van der Waals surface area contributed by atoms with Crippen molar-refractivity contribution in [3.8, 4) is 0 Å². The molecule has 0 atom stereocenters. The first-order chi connectivity index (χ1) is 8.96. The Balaban J connectivity index is 2.24. The highest BCUT2D eigenvalue weighted by molar-refractivity contribution is 5.99. The van der Waals surface area contributed by atoms with E-state index in [1.54, 1.807) is 43.0 Å². The number of nitrogens with zero attached hydrogens (tertiary/aromatic N) is 1.